The van der Waals surface area contributed by atoms with Gasteiger partial charge >= 0.3 is 0 Å². The molecule has 0 saturated heterocycles. The van der Waals surface area contributed by atoms with Crippen LogP contribution in [-0.4, -0.2) is 27.7 Å². The van der Waals surface area contributed by atoms with Gasteiger partial charge in [-0.3, -0.25) is 0 Å². The van der Waals surface area contributed by atoms with Gasteiger partial charge in [0.2, 0.25) is 5.95 Å². The molecule has 0 radical (unpaired) electrons. The third-order valence-electron chi connectivity index (χ3n) is 3.64. The first-order valence-electron chi connectivity index (χ1n) is 7.61. The summed E-state index contributed by atoms with van der Waals surface area (Å²) in [7, 11) is 0. The molecule has 1 heterocycles. The van der Waals surface area contributed by atoms with Crippen LogP contribution in [0, 0.1) is 0 Å². The summed E-state index contributed by atoms with van der Waals surface area (Å²) < 4.78 is 0. The molecule has 1 unspecified atom stereocenters. The lowest BCUT2D eigenvalue weighted by molar-refractivity contribution is 0.276. The Labute approximate surface area is 125 Å². The molecule has 1 atom stereocenters. The molecule has 5 heteroatoms. The zero-order valence-corrected chi connectivity index (χ0v) is 12.8. The SMILES string of the molecule is CCCC(CCO)Nc1nc(N)nc2ccc(CC)cc12. The van der Waals surface area contributed by atoms with E-state index in [2.05, 4.69) is 41.3 Å². The van der Waals surface area contributed by atoms with Crippen molar-refractivity contribution in [2.45, 2.75) is 45.6 Å². The fourth-order valence-corrected chi connectivity index (χ4v) is 2.51. The Morgan fingerprint density at radius 1 is 1.24 bits per heavy atom. The van der Waals surface area contributed by atoms with Gasteiger partial charge in [-0.25, -0.2) is 4.98 Å². The number of hydrogen-bond donors (Lipinski definition) is 3. The molecule has 2 rings (SSSR count). The summed E-state index contributed by atoms with van der Waals surface area (Å²) in [5.41, 5.74) is 7.90. The number of hydrogen-bond acceptors (Lipinski definition) is 5. The molecule has 0 bridgehead atoms. The third kappa shape index (κ3) is 3.82. The smallest absolute Gasteiger partial charge is 0.222 e. The number of aliphatic hydroxyl groups excluding tert-OH is 1. The Balaban J connectivity index is 2.40. The van der Waals surface area contributed by atoms with Crippen LogP contribution in [0.3, 0.4) is 0 Å². The highest BCUT2D eigenvalue weighted by Crippen LogP contribution is 2.24. The number of rotatable bonds is 7. The van der Waals surface area contributed by atoms with E-state index in [9.17, 15) is 5.11 Å². The Hall–Kier alpha value is -1.88. The second-order valence-corrected chi connectivity index (χ2v) is 5.28. The molecular formula is C16H24N4O. The van der Waals surface area contributed by atoms with E-state index in [0.717, 1.165) is 36.0 Å². The summed E-state index contributed by atoms with van der Waals surface area (Å²) in [4.78, 5) is 8.64. The first-order valence-corrected chi connectivity index (χ1v) is 7.61. The highest BCUT2D eigenvalue weighted by molar-refractivity contribution is 5.90. The first kappa shape index (κ1) is 15.5. The van der Waals surface area contributed by atoms with Gasteiger partial charge in [0.05, 0.1) is 5.52 Å². The monoisotopic (exact) mass is 288 g/mol. The fraction of sp³-hybridized carbons (Fsp3) is 0.500. The van der Waals surface area contributed by atoms with Crippen molar-refractivity contribution in [3.05, 3.63) is 23.8 Å². The zero-order valence-electron chi connectivity index (χ0n) is 12.8. The molecule has 0 aliphatic rings. The Bertz CT molecular complexity index is 594. The molecule has 0 saturated carbocycles. The molecule has 0 aliphatic heterocycles. The van der Waals surface area contributed by atoms with Gasteiger partial charge in [0.15, 0.2) is 0 Å². The predicted octanol–water partition coefficient (Wildman–Crippen LogP) is 2.74. The number of aliphatic hydroxyl groups is 1. The van der Waals surface area contributed by atoms with E-state index < -0.39 is 0 Å². The molecule has 21 heavy (non-hydrogen) atoms. The van der Waals surface area contributed by atoms with Crippen molar-refractivity contribution in [2.75, 3.05) is 17.7 Å². The van der Waals surface area contributed by atoms with Crippen LogP contribution in [0.1, 0.15) is 38.7 Å². The predicted molar refractivity (Wildman–Crippen MR) is 87.3 cm³/mol. The van der Waals surface area contributed by atoms with Crippen molar-refractivity contribution in [3.63, 3.8) is 0 Å². The quantitative estimate of drug-likeness (QED) is 0.729. The Kier molecular flexibility index (Phi) is 5.33. The first-order chi connectivity index (χ1) is 10.2. The maximum absolute atomic E-state index is 9.19. The summed E-state index contributed by atoms with van der Waals surface area (Å²) in [6, 6.07) is 6.36. The van der Waals surface area contributed by atoms with E-state index in [4.69, 9.17) is 5.73 Å². The topological polar surface area (TPSA) is 84.1 Å². The Morgan fingerprint density at radius 2 is 2.05 bits per heavy atom. The average Bonchev–Trinajstić information content (AvgIpc) is 2.47. The minimum atomic E-state index is 0.163. The van der Waals surface area contributed by atoms with Gasteiger partial charge < -0.3 is 16.2 Å². The van der Waals surface area contributed by atoms with Crippen molar-refractivity contribution in [1.82, 2.24) is 9.97 Å². The van der Waals surface area contributed by atoms with Gasteiger partial charge in [-0.05, 0) is 37.0 Å². The summed E-state index contributed by atoms with van der Waals surface area (Å²) >= 11 is 0. The fourth-order valence-electron chi connectivity index (χ4n) is 2.51. The van der Waals surface area contributed by atoms with E-state index in [1.807, 2.05) is 6.07 Å². The van der Waals surface area contributed by atoms with Crippen LogP contribution in [0.2, 0.25) is 0 Å². The Morgan fingerprint density at radius 3 is 2.71 bits per heavy atom. The van der Waals surface area contributed by atoms with E-state index in [0.29, 0.717) is 6.42 Å². The largest absolute Gasteiger partial charge is 0.396 e. The van der Waals surface area contributed by atoms with Gasteiger partial charge in [0.25, 0.3) is 0 Å². The van der Waals surface area contributed by atoms with E-state index in [1.165, 1.54) is 5.56 Å². The summed E-state index contributed by atoms with van der Waals surface area (Å²) in [6.07, 6.45) is 3.71. The molecule has 0 spiro atoms. The molecule has 1 aromatic carbocycles. The molecule has 0 amide bonds. The number of fused-ring (bicyclic) bond motifs is 1. The number of nitrogens with one attached hydrogen (secondary N) is 1. The maximum atomic E-state index is 9.19. The molecule has 114 valence electrons. The van der Waals surface area contributed by atoms with Crippen LogP contribution >= 0.6 is 0 Å². The number of benzene rings is 1. The number of anilines is 2. The summed E-state index contributed by atoms with van der Waals surface area (Å²) in [5, 5.41) is 13.6. The molecule has 5 nitrogen and oxygen atoms in total. The van der Waals surface area contributed by atoms with Gasteiger partial charge in [0.1, 0.15) is 5.82 Å². The molecule has 0 aliphatic carbocycles. The highest BCUT2D eigenvalue weighted by atomic mass is 16.3. The van der Waals surface area contributed by atoms with E-state index in [1.54, 1.807) is 0 Å². The number of aromatic nitrogens is 2. The van der Waals surface area contributed by atoms with Crippen LogP contribution < -0.4 is 11.1 Å². The van der Waals surface area contributed by atoms with Crippen LogP contribution in [0.4, 0.5) is 11.8 Å². The van der Waals surface area contributed by atoms with Crippen LogP contribution in [-0.2, 0) is 6.42 Å². The normalized spacial score (nSPS) is 12.5. The summed E-state index contributed by atoms with van der Waals surface area (Å²) in [5.74, 6) is 1.04. The van der Waals surface area contributed by atoms with Gasteiger partial charge in [0, 0.05) is 18.0 Å². The van der Waals surface area contributed by atoms with Crippen LogP contribution in [0.15, 0.2) is 18.2 Å². The average molecular weight is 288 g/mol. The lowest BCUT2D eigenvalue weighted by Gasteiger charge is -2.19. The summed E-state index contributed by atoms with van der Waals surface area (Å²) in [6.45, 7) is 4.42. The zero-order chi connectivity index (χ0) is 15.2. The number of nitrogens with two attached hydrogens (primary N) is 1. The number of nitrogens with zero attached hydrogens (tertiary/aromatic N) is 2. The van der Waals surface area contributed by atoms with Crippen molar-refractivity contribution >= 4 is 22.7 Å². The lowest BCUT2D eigenvalue weighted by atomic mass is 10.1. The molecular weight excluding hydrogens is 264 g/mol. The van der Waals surface area contributed by atoms with Crippen molar-refractivity contribution < 1.29 is 5.11 Å². The van der Waals surface area contributed by atoms with Crippen LogP contribution in [0.25, 0.3) is 10.9 Å². The van der Waals surface area contributed by atoms with Crippen LogP contribution in [0.5, 0.6) is 0 Å². The van der Waals surface area contributed by atoms with E-state index in [-0.39, 0.29) is 18.6 Å². The second kappa shape index (κ2) is 7.22. The van der Waals surface area contributed by atoms with Gasteiger partial charge in [-0.2, -0.15) is 4.98 Å². The third-order valence-corrected chi connectivity index (χ3v) is 3.64. The van der Waals surface area contributed by atoms with Crippen molar-refractivity contribution in [2.24, 2.45) is 0 Å². The molecule has 4 N–H and O–H groups in total. The molecule has 0 fully saturated rings. The van der Waals surface area contributed by atoms with Gasteiger partial charge in [-0.1, -0.05) is 26.3 Å². The maximum Gasteiger partial charge on any atom is 0.222 e. The molecule has 1 aromatic heterocycles. The van der Waals surface area contributed by atoms with E-state index >= 15 is 0 Å². The molecule has 2 aromatic rings. The minimum Gasteiger partial charge on any atom is -0.396 e. The highest BCUT2D eigenvalue weighted by Gasteiger charge is 2.12. The second-order valence-electron chi connectivity index (χ2n) is 5.28. The lowest BCUT2D eigenvalue weighted by Crippen LogP contribution is -2.22. The minimum absolute atomic E-state index is 0.163. The van der Waals surface area contributed by atoms with Crippen molar-refractivity contribution in [3.8, 4) is 0 Å². The van der Waals surface area contributed by atoms with Gasteiger partial charge in [-0.15, -0.1) is 0 Å². The number of nitrogen functional groups attached to an aromatic ring is 1. The number of aryl methyl sites for hydroxylation is 1. The standard InChI is InChI=1S/C16H24N4O/c1-3-5-12(8-9-21)18-15-13-10-11(4-2)6-7-14(13)19-16(17)20-15/h6-7,10,12,21H,3-5,8-9H2,1-2H3,(H3,17,18,19,20). The van der Waals surface area contributed by atoms with Crippen molar-refractivity contribution in [1.29, 1.82) is 0 Å².